The fourth-order valence-corrected chi connectivity index (χ4v) is 10.3. The van der Waals surface area contributed by atoms with Crippen molar-refractivity contribution in [2.24, 2.45) is 17.8 Å². The molecule has 270 valence electrons. The van der Waals surface area contributed by atoms with Crippen LogP contribution >= 0.6 is 11.8 Å². The Bertz CT molecular complexity index is 1840. The molecule has 4 aromatic rings. The lowest BCUT2D eigenvalue weighted by molar-refractivity contribution is -0.245. The Morgan fingerprint density at radius 1 is 0.750 bits per heavy atom. The summed E-state index contributed by atoms with van der Waals surface area (Å²) in [6.45, 7) is 0.456. The van der Waals surface area contributed by atoms with Crippen molar-refractivity contribution >= 4 is 23.8 Å². The molecule has 52 heavy (non-hydrogen) atoms. The molecule has 4 aliphatic carbocycles. The highest BCUT2D eigenvalue weighted by Crippen LogP contribution is 2.55. The Labute approximate surface area is 309 Å². The van der Waals surface area contributed by atoms with Crippen LogP contribution in [-0.4, -0.2) is 39.6 Å². The Balaban J connectivity index is 0.919. The summed E-state index contributed by atoms with van der Waals surface area (Å²) in [6.07, 6.45) is 7.24. The number of urea groups is 1. The summed E-state index contributed by atoms with van der Waals surface area (Å²) in [5.74, 6) is 2.10. The van der Waals surface area contributed by atoms with E-state index >= 15 is 0 Å². The first-order valence-corrected chi connectivity index (χ1v) is 19.5. The van der Waals surface area contributed by atoms with Crippen molar-refractivity contribution in [1.82, 2.24) is 10.6 Å². The van der Waals surface area contributed by atoms with Gasteiger partial charge in [-0.15, -0.1) is 11.8 Å². The summed E-state index contributed by atoms with van der Waals surface area (Å²) in [5.41, 5.74) is 6.23. The molecule has 4 N–H and O–H groups in total. The van der Waals surface area contributed by atoms with E-state index in [0.29, 0.717) is 18.7 Å². The number of hydrogen-bond acceptors (Lipinski definition) is 6. The van der Waals surface area contributed by atoms with Crippen LogP contribution in [0.2, 0.25) is 0 Å². The molecule has 4 saturated carbocycles. The Morgan fingerprint density at radius 3 is 2.08 bits per heavy atom. The van der Waals surface area contributed by atoms with E-state index in [9.17, 15) is 19.8 Å². The molecule has 0 aromatic heterocycles. The van der Waals surface area contributed by atoms with E-state index in [4.69, 9.17) is 9.47 Å². The van der Waals surface area contributed by atoms with Crippen LogP contribution in [0.1, 0.15) is 90.0 Å². The molecule has 5 fully saturated rings. The summed E-state index contributed by atoms with van der Waals surface area (Å²) < 4.78 is 13.1. The molecule has 4 bridgehead atoms. The lowest BCUT2D eigenvalue weighted by Gasteiger charge is -2.56. The zero-order valence-electron chi connectivity index (χ0n) is 29.2. The summed E-state index contributed by atoms with van der Waals surface area (Å²) in [4.78, 5) is 25.3. The van der Waals surface area contributed by atoms with Crippen molar-refractivity contribution in [2.75, 3.05) is 5.75 Å². The van der Waals surface area contributed by atoms with Crippen molar-refractivity contribution in [3.63, 3.8) is 0 Å². The predicted octanol–water partition coefficient (Wildman–Crippen LogP) is 8.65. The number of aromatic carboxylic acids is 1. The van der Waals surface area contributed by atoms with Crippen LogP contribution in [0, 0.1) is 17.8 Å². The van der Waals surface area contributed by atoms with Crippen LogP contribution in [-0.2, 0) is 22.6 Å². The third-order valence-corrected chi connectivity index (χ3v) is 12.6. The molecule has 9 rings (SSSR count). The quantitative estimate of drug-likeness (QED) is 0.115. The van der Waals surface area contributed by atoms with Gasteiger partial charge in [-0.2, -0.15) is 0 Å². The molecule has 9 heteroatoms. The van der Waals surface area contributed by atoms with Crippen LogP contribution in [0.3, 0.4) is 0 Å². The summed E-state index contributed by atoms with van der Waals surface area (Å²) >= 11 is 1.63. The minimum Gasteiger partial charge on any atom is -0.478 e. The van der Waals surface area contributed by atoms with Gasteiger partial charge in [-0.05, 0) is 114 Å². The third kappa shape index (κ3) is 7.93. The molecule has 0 radical (unpaired) electrons. The fraction of sp³-hybridized carbons (Fsp3) is 0.395. The van der Waals surface area contributed by atoms with E-state index in [0.717, 1.165) is 75.3 Å². The molecule has 3 atom stereocenters. The van der Waals surface area contributed by atoms with Crippen molar-refractivity contribution in [3.8, 4) is 11.1 Å². The molecule has 5 aliphatic rings. The van der Waals surface area contributed by atoms with Crippen molar-refractivity contribution < 1.29 is 29.3 Å². The van der Waals surface area contributed by atoms with Gasteiger partial charge >= 0.3 is 12.0 Å². The normalized spacial score (nSPS) is 27.6. The predicted molar refractivity (Wildman–Crippen MR) is 201 cm³/mol. The summed E-state index contributed by atoms with van der Waals surface area (Å²) in [6, 6.07) is 31.3. The van der Waals surface area contributed by atoms with Crippen LogP contribution < -0.4 is 10.6 Å². The highest BCUT2D eigenvalue weighted by Gasteiger charge is 2.51. The molecular formula is C43H46N2O6S. The van der Waals surface area contributed by atoms with E-state index in [1.807, 2.05) is 42.5 Å². The van der Waals surface area contributed by atoms with E-state index in [-0.39, 0.29) is 35.9 Å². The lowest BCUT2D eigenvalue weighted by Crippen LogP contribution is -2.61. The number of nitrogens with one attached hydrogen (secondary N) is 2. The second-order valence-electron chi connectivity index (χ2n) is 15.3. The van der Waals surface area contributed by atoms with E-state index in [2.05, 4.69) is 53.1 Å². The zero-order valence-corrected chi connectivity index (χ0v) is 30.0. The van der Waals surface area contributed by atoms with Crippen LogP contribution in [0.25, 0.3) is 11.1 Å². The number of aliphatic hydroxyl groups is 1. The standard InChI is InChI=1S/C43H46N2O6S/c46-25-27-4-6-33(7-5-27)39-20-37(26-52-38-14-12-34(13-15-38)40(47)48)50-41(51-39)35-10-8-32(9-11-35)36-3-1-2-28(19-36)24-44-42(49)45-43-21-29-16-30(22-43)18-31(17-29)23-43/h1-15,19,29-31,37,39,41,46H,16-18,20-26H2,(H,47,48)(H2,44,45,49)/t29?,30?,31?,37-,39+,41+,43?/m1/s1. The van der Waals surface area contributed by atoms with Gasteiger partial charge in [-0.25, -0.2) is 9.59 Å². The van der Waals surface area contributed by atoms with Gasteiger partial charge in [-0.3, -0.25) is 0 Å². The van der Waals surface area contributed by atoms with E-state index in [1.54, 1.807) is 23.9 Å². The molecule has 1 aliphatic heterocycles. The second kappa shape index (κ2) is 15.1. The molecule has 8 nitrogen and oxygen atoms in total. The number of benzene rings is 4. The van der Waals surface area contributed by atoms with E-state index < -0.39 is 12.3 Å². The monoisotopic (exact) mass is 718 g/mol. The number of thioether (sulfide) groups is 1. The van der Waals surface area contributed by atoms with Gasteiger partial charge in [0.25, 0.3) is 0 Å². The van der Waals surface area contributed by atoms with Gasteiger partial charge < -0.3 is 30.3 Å². The molecule has 4 aromatic carbocycles. The maximum absolute atomic E-state index is 13.1. The van der Waals surface area contributed by atoms with Gasteiger partial charge in [-0.1, -0.05) is 66.7 Å². The Hall–Kier alpha value is -4.15. The maximum Gasteiger partial charge on any atom is 0.335 e. The Morgan fingerprint density at radius 2 is 1.42 bits per heavy atom. The van der Waals surface area contributed by atoms with Gasteiger partial charge in [0.1, 0.15) is 0 Å². The first kappa shape index (κ1) is 34.9. The second-order valence-corrected chi connectivity index (χ2v) is 16.4. The van der Waals surface area contributed by atoms with Gasteiger partial charge in [0.05, 0.1) is 24.4 Å². The number of carbonyl (C=O) groups excluding carboxylic acids is 1. The number of carboxylic acids is 1. The van der Waals surface area contributed by atoms with Gasteiger partial charge in [0, 0.05) is 34.7 Å². The van der Waals surface area contributed by atoms with E-state index in [1.165, 1.54) is 19.3 Å². The smallest absolute Gasteiger partial charge is 0.335 e. The lowest BCUT2D eigenvalue weighted by atomic mass is 9.53. The van der Waals surface area contributed by atoms with Crippen molar-refractivity contribution in [1.29, 1.82) is 0 Å². The zero-order chi connectivity index (χ0) is 35.7. The topological polar surface area (TPSA) is 117 Å². The third-order valence-electron chi connectivity index (χ3n) is 11.5. The van der Waals surface area contributed by atoms with Crippen LogP contribution in [0.15, 0.2) is 102 Å². The fourth-order valence-electron chi connectivity index (χ4n) is 9.33. The number of amides is 2. The Kier molecular flexibility index (Phi) is 10.1. The first-order valence-electron chi connectivity index (χ1n) is 18.5. The molecule has 1 saturated heterocycles. The molecule has 0 spiro atoms. The minimum atomic E-state index is -0.940. The number of carbonyl (C=O) groups is 2. The van der Waals surface area contributed by atoms with Crippen molar-refractivity contribution in [2.45, 2.75) is 87.0 Å². The number of ether oxygens (including phenoxy) is 2. The van der Waals surface area contributed by atoms with Crippen LogP contribution in [0.4, 0.5) is 4.79 Å². The highest BCUT2D eigenvalue weighted by atomic mass is 32.2. The minimum absolute atomic E-state index is 0.00657. The molecular weight excluding hydrogens is 673 g/mol. The number of carboxylic acid groups (broad SMARTS) is 1. The van der Waals surface area contributed by atoms with Gasteiger partial charge in [0.15, 0.2) is 6.29 Å². The SMILES string of the molecule is O=C(NCc1cccc(-c2ccc([C@H]3O[C@@H](CSc4ccc(C(=O)O)cc4)C[C@@H](c4ccc(CO)cc4)O3)cc2)c1)NC12CC3CC(CC(C3)C1)C2. The molecule has 1 heterocycles. The number of rotatable bonds is 11. The number of hydrogen-bond donors (Lipinski definition) is 4. The largest absolute Gasteiger partial charge is 0.478 e. The summed E-state index contributed by atoms with van der Waals surface area (Å²) in [5, 5.41) is 25.4. The van der Waals surface area contributed by atoms with Crippen LogP contribution in [0.5, 0.6) is 0 Å². The first-order chi connectivity index (χ1) is 25.3. The van der Waals surface area contributed by atoms with Gasteiger partial charge in [0.2, 0.25) is 0 Å². The average Bonchev–Trinajstić information content (AvgIpc) is 3.16. The molecule has 2 amide bonds. The average molecular weight is 719 g/mol. The molecule has 0 unspecified atom stereocenters. The maximum atomic E-state index is 13.1. The highest BCUT2D eigenvalue weighted by molar-refractivity contribution is 7.99. The van der Waals surface area contributed by atoms with Crippen molar-refractivity contribution in [3.05, 3.63) is 125 Å². The number of aliphatic hydroxyl groups excluding tert-OH is 1. The summed E-state index contributed by atoms with van der Waals surface area (Å²) in [7, 11) is 0.